The molecule has 0 aliphatic heterocycles. The smallest absolute Gasteiger partial charge is 0.303 e. The molecule has 0 saturated heterocycles. The quantitative estimate of drug-likeness (QED) is 0.496. The highest BCUT2D eigenvalue weighted by Gasteiger charge is 2.36. The summed E-state index contributed by atoms with van der Waals surface area (Å²) in [6, 6.07) is 11.5. The van der Waals surface area contributed by atoms with Crippen LogP contribution in [0.25, 0.3) is 0 Å². The van der Waals surface area contributed by atoms with Crippen LogP contribution in [0.4, 0.5) is 0 Å². The number of nitriles is 1. The molecule has 1 aliphatic rings. The van der Waals surface area contributed by atoms with Crippen LogP contribution in [-0.2, 0) is 10.2 Å². The molecule has 0 bridgehead atoms. The van der Waals surface area contributed by atoms with Gasteiger partial charge in [-0.1, -0.05) is 57.2 Å². The second-order valence-electron chi connectivity index (χ2n) is 8.45. The summed E-state index contributed by atoms with van der Waals surface area (Å²) in [7, 11) is 0. The lowest BCUT2D eigenvalue weighted by molar-refractivity contribution is -0.137. The van der Waals surface area contributed by atoms with Crippen molar-refractivity contribution in [3.8, 4) is 6.07 Å². The highest BCUT2D eigenvalue weighted by molar-refractivity contribution is 5.66. The van der Waals surface area contributed by atoms with E-state index < -0.39 is 5.97 Å². The van der Waals surface area contributed by atoms with Gasteiger partial charge in [0.15, 0.2) is 0 Å². The van der Waals surface area contributed by atoms with E-state index in [2.05, 4.69) is 63.3 Å². The maximum absolute atomic E-state index is 10.5. The summed E-state index contributed by atoms with van der Waals surface area (Å²) in [5.74, 6) is 0.178. The van der Waals surface area contributed by atoms with E-state index in [-0.39, 0.29) is 17.8 Å². The van der Waals surface area contributed by atoms with E-state index in [0.717, 1.165) is 25.7 Å². The van der Waals surface area contributed by atoms with Crippen molar-refractivity contribution in [3.05, 3.63) is 47.5 Å². The molecule has 3 nitrogen and oxygen atoms in total. The summed E-state index contributed by atoms with van der Waals surface area (Å²) in [5, 5.41) is 18.2. The summed E-state index contributed by atoms with van der Waals surface area (Å²) >= 11 is 0. The Kier molecular flexibility index (Phi) is 7.03. The summed E-state index contributed by atoms with van der Waals surface area (Å²) < 4.78 is 0. The molecular formula is C23H31NO2. The molecule has 1 aliphatic carbocycles. The van der Waals surface area contributed by atoms with Crippen LogP contribution in [0.3, 0.4) is 0 Å². The van der Waals surface area contributed by atoms with Crippen molar-refractivity contribution in [2.45, 2.75) is 70.6 Å². The molecule has 1 fully saturated rings. The number of hydrogen-bond donors (Lipinski definition) is 1. The summed E-state index contributed by atoms with van der Waals surface area (Å²) in [6.45, 7) is 6.67. The highest BCUT2D eigenvalue weighted by Crippen LogP contribution is 2.45. The Morgan fingerprint density at radius 2 is 1.92 bits per heavy atom. The van der Waals surface area contributed by atoms with Gasteiger partial charge in [-0.15, -0.1) is 0 Å². The van der Waals surface area contributed by atoms with Gasteiger partial charge in [-0.25, -0.2) is 0 Å². The van der Waals surface area contributed by atoms with Crippen LogP contribution in [0.1, 0.15) is 76.3 Å². The van der Waals surface area contributed by atoms with Crippen molar-refractivity contribution >= 4 is 5.97 Å². The lowest BCUT2D eigenvalue weighted by Crippen LogP contribution is -2.14. The minimum Gasteiger partial charge on any atom is -0.481 e. The van der Waals surface area contributed by atoms with Gasteiger partial charge in [0.1, 0.15) is 0 Å². The van der Waals surface area contributed by atoms with E-state index in [1.165, 1.54) is 11.1 Å². The van der Waals surface area contributed by atoms with Crippen molar-refractivity contribution < 1.29 is 9.90 Å². The molecule has 2 rings (SSSR count). The number of rotatable bonds is 7. The Morgan fingerprint density at radius 1 is 1.23 bits per heavy atom. The predicted molar refractivity (Wildman–Crippen MR) is 105 cm³/mol. The predicted octanol–water partition coefficient (Wildman–Crippen LogP) is 5.82. The number of hydrogen-bond acceptors (Lipinski definition) is 2. The third-order valence-electron chi connectivity index (χ3n) is 5.53. The monoisotopic (exact) mass is 353 g/mol. The maximum atomic E-state index is 10.5. The molecule has 0 amide bonds. The Labute approximate surface area is 157 Å². The van der Waals surface area contributed by atoms with Crippen molar-refractivity contribution in [2.24, 2.45) is 11.8 Å². The zero-order valence-electron chi connectivity index (χ0n) is 16.2. The zero-order valence-corrected chi connectivity index (χ0v) is 16.2. The lowest BCUT2D eigenvalue weighted by Gasteiger charge is -2.23. The van der Waals surface area contributed by atoms with Crippen molar-refractivity contribution in [2.75, 3.05) is 0 Å². The Morgan fingerprint density at radius 3 is 2.50 bits per heavy atom. The number of nitrogens with zero attached hydrogens (tertiary/aromatic N) is 1. The number of carboxylic acids is 1. The summed E-state index contributed by atoms with van der Waals surface area (Å²) in [6.07, 6.45) is 8.86. The minimum atomic E-state index is -0.738. The SMILES string of the molecule is CC(C)(C)c1ccc(C2CC[C@@H](C#N)C2C/C=C\CCCC(=O)O)cc1. The number of carboxylic acid groups (broad SMARTS) is 1. The minimum absolute atomic E-state index is 0.117. The first-order chi connectivity index (χ1) is 12.3. The molecule has 3 atom stereocenters. The molecule has 0 heterocycles. The fourth-order valence-electron chi connectivity index (χ4n) is 3.94. The van der Waals surface area contributed by atoms with Crippen molar-refractivity contribution in [1.29, 1.82) is 5.26 Å². The Bertz CT molecular complexity index is 661. The van der Waals surface area contributed by atoms with Gasteiger partial charge in [-0.2, -0.15) is 5.26 Å². The van der Waals surface area contributed by atoms with Gasteiger partial charge >= 0.3 is 5.97 Å². The van der Waals surface area contributed by atoms with Crippen LogP contribution >= 0.6 is 0 Å². The number of allylic oxidation sites excluding steroid dienone is 2. The van der Waals surface area contributed by atoms with Crippen LogP contribution < -0.4 is 0 Å². The first-order valence-corrected chi connectivity index (χ1v) is 9.69. The second-order valence-corrected chi connectivity index (χ2v) is 8.45. The summed E-state index contributed by atoms with van der Waals surface area (Å²) in [4.78, 5) is 10.5. The molecule has 1 aromatic rings. The largest absolute Gasteiger partial charge is 0.481 e. The van der Waals surface area contributed by atoms with Gasteiger partial charge in [-0.3, -0.25) is 4.79 Å². The molecule has 1 aromatic carbocycles. The first-order valence-electron chi connectivity index (χ1n) is 9.69. The van der Waals surface area contributed by atoms with E-state index in [1.54, 1.807) is 0 Å². The van der Waals surface area contributed by atoms with Gasteiger partial charge in [0.2, 0.25) is 0 Å². The first kappa shape index (κ1) is 20.2. The molecule has 0 aromatic heterocycles. The molecule has 3 heteroatoms. The maximum Gasteiger partial charge on any atom is 0.303 e. The van der Waals surface area contributed by atoms with E-state index in [0.29, 0.717) is 18.3 Å². The van der Waals surface area contributed by atoms with E-state index in [9.17, 15) is 10.1 Å². The Balaban J connectivity index is 2.01. The Hall–Kier alpha value is -2.08. The molecule has 0 radical (unpaired) electrons. The fraction of sp³-hybridized carbons (Fsp3) is 0.565. The van der Waals surface area contributed by atoms with Crippen LogP contribution in [-0.4, -0.2) is 11.1 Å². The van der Waals surface area contributed by atoms with E-state index in [4.69, 9.17) is 5.11 Å². The molecule has 1 N–H and O–H groups in total. The molecular weight excluding hydrogens is 322 g/mol. The standard InChI is InChI=1S/C23H31NO2/c1-23(2,3)19-13-10-17(11-14-19)21-15-12-18(16-24)20(21)8-6-4-5-7-9-22(25)26/h4,6,10-11,13-14,18,20-21H,5,7-9,12,15H2,1-3H3,(H,25,26)/b6-4-/t18-,20?,21?/m0/s1. The molecule has 26 heavy (non-hydrogen) atoms. The van der Waals surface area contributed by atoms with Crippen LogP contribution in [0, 0.1) is 23.2 Å². The van der Waals surface area contributed by atoms with Gasteiger partial charge in [0, 0.05) is 6.42 Å². The molecule has 140 valence electrons. The third kappa shape index (κ3) is 5.46. The number of unbranched alkanes of at least 4 members (excludes halogenated alkanes) is 1. The van der Waals surface area contributed by atoms with Crippen LogP contribution in [0.15, 0.2) is 36.4 Å². The average molecular weight is 354 g/mol. The second kappa shape index (κ2) is 9.03. The lowest BCUT2D eigenvalue weighted by atomic mass is 9.81. The fourth-order valence-corrected chi connectivity index (χ4v) is 3.94. The number of aliphatic carboxylic acids is 1. The van der Waals surface area contributed by atoms with Gasteiger partial charge in [0.25, 0.3) is 0 Å². The van der Waals surface area contributed by atoms with Gasteiger partial charge in [0.05, 0.1) is 12.0 Å². The van der Waals surface area contributed by atoms with E-state index in [1.807, 2.05) is 0 Å². The molecule has 0 spiro atoms. The van der Waals surface area contributed by atoms with Crippen molar-refractivity contribution in [3.63, 3.8) is 0 Å². The van der Waals surface area contributed by atoms with Gasteiger partial charge in [-0.05, 0) is 60.5 Å². The third-order valence-corrected chi connectivity index (χ3v) is 5.53. The normalized spacial score (nSPS) is 23.2. The topological polar surface area (TPSA) is 61.1 Å². The van der Waals surface area contributed by atoms with Crippen molar-refractivity contribution in [1.82, 2.24) is 0 Å². The number of carbonyl (C=O) groups is 1. The highest BCUT2D eigenvalue weighted by atomic mass is 16.4. The summed E-state index contributed by atoms with van der Waals surface area (Å²) in [5.41, 5.74) is 2.84. The number of benzene rings is 1. The van der Waals surface area contributed by atoms with Crippen LogP contribution in [0.2, 0.25) is 0 Å². The molecule has 1 saturated carbocycles. The zero-order chi connectivity index (χ0) is 19.2. The molecule has 2 unspecified atom stereocenters. The van der Waals surface area contributed by atoms with E-state index >= 15 is 0 Å². The van der Waals surface area contributed by atoms with Crippen LogP contribution in [0.5, 0.6) is 0 Å². The average Bonchev–Trinajstić information content (AvgIpc) is 3.00. The van der Waals surface area contributed by atoms with Gasteiger partial charge < -0.3 is 5.11 Å².